The minimum absolute atomic E-state index is 0.275. The Balaban J connectivity index is 1.57. The summed E-state index contributed by atoms with van der Waals surface area (Å²) in [5, 5.41) is 16.2. The third-order valence-electron chi connectivity index (χ3n) is 4.60. The first-order valence-corrected chi connectivity index (χ1v) is 8.84. The molecular formula is C19H25N3O3. The molecule has 0 saturated heterocycles. The van der Waals surface area contributed by atoms with Gasteiger partial charge in [0.25, 0.3) is 0 Å². The number of hydrogen-bond donors (Lipinski definition) is 3. The van der Waals surface area contributed by atoms with Crippen LogP contribution >= 0.6 is 0 Å². The molecule has 6 nitrogen and oxygen atoms in total. The van der Waals surface area contributed by atoms with Gasteiger partial charge in [-0.3, -0.25) is 0 Å². The monoisotopic (exact) mass is 343 g/mol. The first-order valence-electron chi connectivity index (χ1n) is 8.84. The Bertz CT molecular complexity index is 718. The SMILES string of the molecule is Cc1cnc(-c2cccc(NC(=O)NCC3(O)CCCCCC3)c2)o1. The summed E-state index contributed by atoms with van der Waals surface area (Å²) in [7, 11) is 0. The normalized spacial score (nSPS) is 16.9. The van der Waals surface area contributed by atoms with Gasteiger partial charge in [0.1, 0.15) is 5.76 Å². The van der Waals surface area contributed by atoms with Gasteiger partial charge in [0, 0.05) is 17.8 Å². The number of urea groups is 1. The molecule has 25 heavy (non-hydrogen) atoms. The van der Waals surface area contributed by atoms with E-state index >= 15 is 0 Å². The number of nitrogens with one attached hydrogen (secondary N) is 2. The van der Waals surface area contributed by atoms with Gasteiger partial charge in [-0.15, -0.1) is 0 Å². The summed E-state index contributed by atoms with van der Waals surface area (Å²) in [6, 6.07) is 7.01. The zero-order valence-corrected chi connectivity index (χ0v) is 14.5. The second kappa shape index (κ2) is 7.70. The molecule has 0 radical (unpaired) electrons. The van der Waals surface area contributed by atoms with Crippen LogP contribution < -0.4 is 10.6 Å². The average Bonchev–Trinajstić information content (AvgIpc) is 2.91. The Kier molecular flexibility index (Phi) is 5.38. The predicted octanol–water partition coefficient (Wildman–Crippen LogP) is 3.86. The number of hydrogen-bond acceptors (Lipinski definition) is 4. The second-order valence-electron chi connectivity index (χ2n) is 6.80. The molecule has 0 atom stereocenters. The molecule has 1 aromatic heterocycles. The van der Waals surface area contributed by atoms with E-state index in [0.29, 0.717) is 11.6 Å². The molecule has 1 aliphatic carbocycles. The fourth-order valence-corrected chi connectivity index (χ4v) is 3.20. The Hall–Kier alpha value is -2.34. The molecule has 3 rings (SSSR count). The van der Waals surface area contributed by atoms with E-state index in [1.54, 1.807) is 12.3 Å². The Morgan fingerprint density at radius 2 is 2.04 bits per heavy atom. The molecule has 0 spiro atoms. The van der Waals surface area contributed by atoms with Crippen molar-refractivity contribution in [3.05, 3.63) is 36.2 Å². The highest BCUT2D eigenvalue weighted by Crippen LogP contribution is 2.26. The summed E-state index contributed by atoms with van der Waals surface area (Å²) in [6.45, 7) is 2.11. The molecule has 0 bridgehead atoms. The molecule has 2 aromatic rings. The molecule has 0 unspecified atom stereocenters. The van der Waals surface area contributed by atoms with Gasteiger partial charge in [-0.1, -0.05) is 31.7 Å². The van der Waals surface area contributed by atoms with E-state index in [0.717, 1.165) is 49.8 Å². The second-order valence-corrected chi connectivity index (χ2v) is 6.80. The standard InChI is InChI=1S/C19H25N3O3/c1-14-12-20-17(25-14)15-7-6-8-16(11-15)22-18(23)21-13-19(24)9-4-2-3-5-10-19/h6-8,11-12,24H,2-5,9-10,13H2,1H3,(H2,21,22,23). The van der Waals surface area contributed by atoms with Gasteiger partial charge < -0.3 is 20.2 Å². The third-order valence-corrected chi connectivity index (χ3v) is 4.60. The summed E-state index contributed by atoms with van der Waals surface area (Å²) < 4.78 is 5.51. The number of rotatable bonds is 4. The lowest BCUT2D eigenvalue weighted by Crippen LogP contribution is -2.44. The Morgan fingerprint density at radius 3 is 2.72 bits per heavy atom. The van der Waals surface area contributed by atoms with Gasteiger partial charge in [-0.2, -0.15) is 0 Å². The summed E-state index contributed by atoms with van der Waals surface area (Å²) >= 11 is 0. The molecule has 134 valence electrons. The summed E-state index contributed by atoms with van der Waals surface area (Å²) in [4.78, 5) is 16.4. The first-order chi connectivity index (χ1) is 12.0. The van der Waals surface area contributed by atoms with Crippen molar-refractivity contribution in [2.75, 3.05) is 11.9 Å². The lowest BCUT2D eigenvalue weighted by atomic mass is 9.95. The molecule has 1 heterocycles. The number of amides is 2. The maximum absolute atomic E-state index is 12.2. The number of carbonyl (C=O) groups is 1. The van der Waals surface area contributed by atoms with Crippen LogP contribution in [-0.4, -0.2) is 28.3 Å². The number of carbonyl (C=O) groups excluding carboxylic acids is 1. The number of benzene rings is 1. The fourth-order valence-electron chi connectivity index (χ4n) is 3.20. The molecule has 0 aliphatic heterocycles. The predicted molar refractivity (Wildman–Crippen MR) is 96.3 cm³/mol. The lowest BCUT2D eigenvalue weighted by Gasteiger charge is -2.26. The molecule has 1 saturated carbocycles. The van der Waals surface area contributed by atoms with E-state index < -0.39 is 5.60 Å². The van der Waals surface area contributed by atoms with E-state index in [4.69, 9.17) is 4.42 Å². The number of aryl methyl sites for hydroxylation is 1. The van der Waals surface area contributed by atoms with Crippen molar-refractivity contribution in [2.45, 2.75) is 51.0 Å². The Morgan fingerprint density at radius 1 is 1.28 bits per heavy atom. The molecule has 1 aliphatic rings. The van der Waals surface area contributed by atoms with Crippen LogP contribution in [0.25, 0.3) is 11.5 Å². The van der Waals surface area contributed by atoms with Crippen molar-refractivity contribution in [3.63, 3.8) is 0 Å². The van der Waals surface area contributed by atoms with Crippen LogP contribution in [0, 0.1) is 6.92 Å². The summed E-state index contributed by atoms with van der Waals surface area (Å²) in [5.74, 6) is 1.26. The highest BCUT2D eigenvalue weighted by atomic mass is 16.4. The topological polar surface area (TPSA) is 87.4 Å². The molecule has 6 heteroatoms. The number of aliphatic hydroxyl groups is 1. The number of oxazole rings is 1. The van der Waals surface area contributed by atoms with Gasteiger partial charge in [-0.05, 0) is 38.0 Å². The zero-order valence-electron chi connectivity index (χ0n) is 14.5. The highest BCUT2D eigenvalue weighted by molar-refractivity contribution is 5.89. The van der Waals surface area contributed by atoms with Crippen LogP contribution in [0.4, 0.5) is 10.5 Å². The molecular weight excluding hydrogens is 318 g/mol. The smallest absolute Gasteiger partial charge is 0.319 e. The largest absolute Gasteiger partial charge is 0.441 e. The van der Waals surface area contributed by atoms with E-state index in [9.17, 15) is 9.90 Å². The van der Waals surface area contributed by atoms with Gasteiger partial charge in [0.2, 0.25) is 5.89 Å². The summed E-state index contributed by atoms with van der Waals surface area (Å²) in [5.41, 5.74) is 0.665. The van der Waals surface area contributed by atoms with Crippen molar-refractivity contribution in [2.24, 2.45) is 0 Å². The fraction of sp³-hybridized carbons (Fsp3) is 0.474. The van der Waals surface area contributed by atoms with Crippen molar-refractivity contribution >= 4 is 11.7 Å². The van der Waals surface area contributed by atoms with Crippen molar-refractivity contribution in [1.82, 2.24) is 10.3 Å². The van der Waals surface area contributed by atoms with Crippen molar-refractivity contribution in [3.8, 4) is 11.5 Å². The van der Waals surface area contributed by atoms with Gasteiger partial charge in [0.15, 0.2) is 0 Å². The van der Waals surface area contributed by atoms with E-state index in [1.807, 2.05) is 25.1 Å². The van der Waals surface area contributed by atoms with Crippen molar-refractivity contribution in [1.29, 1.82) is 0 Å². The maximum Gasteiger partial charge on any atom is 0.319 e. The van der Waals surface area contributed by atoms with Gasteiger partial charge >= 0.3 is 6.03 Å². The number of nitrogens with zero attached hydrogens (tertiary/aromatic N) is 1. The highest BCUT2D eigenvalue weighted by Gasteiger charge is 2.28. The van der Waals surface area contributed by atoms with E-state index in [-0.39, 0.29) is 12.6 Å². The molecule has 1 fully saturated rings. The van der Waals surface area contributed by atoms with Gasteiger partial charge in [-0.25, -0.2) is 9.78 Å². The van der Waals surface area contributed by atoms with Crippen LogP contribution in [0.1, 0.15) is 44.3 Å². The molecule has 2 amide bonds. The lowest BCUT2D eigenvalue weighted by molar-refractivity contribution is 0.0281. The average molecular weight is 343 g/mol. The minimum atomic E-state index is -0.786. The quantitative estimate of drug-likeness (QED) is 0.736. The molecule has 3 N–H and O–H groups in total. The van der Waals surface area contributed by atoms with Crippen LogP contribution in [0.3, 0.4) is 0 Å². The first kappa shape index (κ1) is 17.5. The number of aromatic nitrogens is 1. The number of anilines is 1. The van der Waals surface area contributed by atoms with Crippen LogP contribution in [-0.2, 0) is 0 Å². The summed E-state index contributed by atoms with van der Waals surface area (Å²) in [6.07, 6.45) is 7.48. The third kappa shape index (κ3) is 4.82. The van der Waals surface area contributed by atoms with E-state index in [2.05, 4.69) is 15.6 Å². The van der Waals surface area contributed by atoms with E-state index in [1.165, 1.54) is 0 Å². The van der Waals surface area contributed by atoms with Crippen LogP contribution in [0.15, 0.2) is 34.9 Å². The molecule has 1 aromatic carbocycles. The Labute approximate surface area is 147 Å². The zero-order chi connectivity index (χ0) is 17.7. The van der Waals surface area contributed by atoms with Gasteiger partial charge in [0.05, 0.1) is 11.8 Å². The minimum Gasteiger partial charge on any atom is -0.441 e. The van der Waals surface area contributed by atoms with Crippen LogP contribution in [0.2, 0.25) is 0 Å². The maximum atomic E-state index is 12.2. The van der Waals surface area contributed by atoms with Crippen molar-refractivity contribution < 1.29 is 14.3 Å². The van der Waals surface area contributed by atoms with Crippen LogP contribution in [0.5, 0.6) is 0 Å².